The van der Waals surface area contributed by atoms with Crippen LogP contribution in [0.2, 0.25) is 5.02 Å². The van der Waals surface area contributed by atoms with Gasteiger partial charge in [-0.25, -0.2) is 0 Å². The van der Waals surface area contributed by atoms with E-state index < -0.39 is 0 Å². The average molecular weight is 240 g/mol. The van der Waals surface area contributed by atoms with Crippen LogP contribution in [0, 0.1) is 5.41 Å². The number of rotatable bonds is 6. The highest BCUT2D eigenvalue weighted by atomic mass is 35.5. The summed E-state index contributed by atoms with van der Waals surface area (Å²) in [5.41, 5.74) is 1.66. The lowest BCUT2D eigenvalue weighted by molar-refractivity contribution is 0.283. The van der Waals surface area contributed by atoms with Crippen LogP contribution in [0.3, 0.4) is 0 Å². The maximum absolute atomic E-state index is 6.01. The van der Waals surface area contributed by atoms with E-state index in [2.05, 4.69) is 31.3 Å². The summed E-state index contributed by atoms with van der Waals surface area (Å²) < 4.78 is 0. The van der Waals surface area contributed by atoms with Crippen LogP contribution in [-0.2, 0) is 6.42 Å². The highest BCUT2D eigenvalue weighted by Crippen LogP contribution is 2.28. The first-order valence-electron chi connectivity index (χ1n) is 5.99. The SMILES string of the molecule is CCCC(C)(CNC)Cc1cccc(Cl)c1. The van der Waals surface area contributed by atoms with E-state index in [0.717, 1.165) is 18.0 Å². The molecule has 0 aliphatic heterocycles. The quantitative estimate of drug-likeness (QED) is 0.794. The van der Waals surface area contributed by atoms with Gasteiger partial charge in [0.1, 0.15) is 0 Å². The maximum Gasteiger partial charge on any atom is 0.0408 e. The van der Waals surface area contributed by atoms with Gasteiger partial charge in [0.15, 0.2) is 0 Å². The molecule has 2 heteroatoms. The van der Waals surface area contributed by atoms with E-state index >= 15 is 0 Å². The minimum atomic E-state index is 0.328. The molecule has 0 aliphatic rings. The molecule has 0 fully saturated rings. The van der Waals surface area contributed by atoms with E-state index in [4.69, 9.17) is 11.6 Å². The van der Waals surface area contributed by atoms with Gasteiger partial charge in [-0.2, -0.15) is 0 Å². The van der Waals surface area contributed by atoms with E-state index in [0.29, 0.717) is 5.41 Å². The second kappa shape index (κ2) is 6.27. The molecule has 0 aromatic heterocycles. The Hall–Kier alpha value is -0.530. The summed E-state index contributed by atoms with van der Waals surface area (Å²) in [5.74, 6) is 0. The molecule has 16 heavy (non-hydrogen) atoms. The summed E-state index contributed by atoms with van der Waals surface area (Å²) >= 11 is 6.01. The zero-order valence-corrected chi connectivity index (χ0v) is 11.3. The monoisotopic (exact) mass is 239 g/mol. The third-order valence-corrected chi connectivity index (χ3v) is 3.21. The Bertz CT molecular complexity index is 316. The van der Waals surface area contributed by atoms with Crippen LogP contribution in [0.4, 0.5) is 0 Å². The van der Waals surface area contributed by atoms with Gasteiger partial charge in [0.25, 0.3) is 0 Å². The Balaban J connectivity index is 2.74. The fraction of sp³-hybridized carbons (Fsp3) is 0.571. The van der Waals surface area contributed by atoms with Crippen LogP contribution in [0.5, 0.6) is 0 Å². The van der Waals surface area contributed by atoms with Crippen molar-refractivity contribution in [3.8, 4) is 0 Å². The lowest BCUT2D eigenvalue weighted by Gasteiger charge is -2.29. The van der Waals surface area contributed by atoms with E-state index in [9.17, 15) is 0 Å². The van der Waals surface area contributed by atoms with E-state index in [1.807, 2.05) is 19.2 Å². The Kier molecular flexibility index (Phi) is 5.30. The standard InChI is InChI=1S/C14H22ClN/c1-4-8-14(2,11-16-3)10-12-6-5-7-13(15)9-12/h5-7,9,16H,4,8,10-11H2,1-3H3. The molecule has 90 valence electrons. The molecule has 0 saturated carbocycles. The summed E-state index contributed by atoms with van der Waals surface area (Å²) in [6.07, 6.45) is 3.54. The topological polar surface area (TPSA) is 12.0 Å². The van der Waals surface area contributed by atoms with Crippen molar-refractivity contribution in [2.45, 2.75) is 33.1 Å². The number of benzene rings is 1. The van der Waals surface area contributed by atoms with E-state index in [-0.39, 0.29) is 0 Å². The highest BCUT2D eigenvalue weighted by molar-refractivity contribution is 6.30. The summed E-state index contributed by atoms with van der Waals surface area (Å²) in [7, 11) is 2.02. The first kappa shape index (κ1) is 13.5. The summed E-state index contributed by atoms with van der Waals surface area (Å²) in [6.45, 7) is 5.63. The van der Waals surface area contributed by atoms with Gasteiger partial charge < -0.3 is 5.32 Å². The molecule has 1 atom stereocenters. The molecule has 0 aliphatic carbocycles. The van der Waals surface area contributed by atoms with Crippen molar-refractivity contribution < 1.29 is 0 Å². The van der Waals surface area contributed by atoms with Crippen LogP contribution < -0.4 is 5.32 Å². The zero-order chi connectivity index (χ0) is 12.0. The number of hydrogen-bond acceptors (Lipinski definition) is 1. The molecule has 1 unspecified atom stereocenters. The molecule has 0 spiro atoms. The minimum Gasteiger partial charge on any atom is -0.319 e. The van der Waals surface area contributed by atoms with Crippen molar-refractivity contribution in [3.05, 3.63) is 34.9 Å². The van der Waals surface area contributed by atoms with Gasteiger partial charge in [-0.3, -0.25) is 0 Å². The minimum absolute atomic E-state index is 0.328. The van der Waals surface area contributed by atoms with Gasteiger partial charge in [0.2, 0.25) is 0 Å². The Labute approximate surface area is 104 Å². The molecule has 0 heterocycles. The van der Waals surface area contributed by atoms with Gasteiger partial charge in [-0.15, -0.1) is 0 Å². The highest BCUT2D eigenvalue weighted by Gasteiger charge is 2.22. The molecule has 1 nitrogen and oxygen atoms in total. The predicted molar refractivity (Wildman–Crippen MR) is 72.1 cm³/mol. The van der Waals surface area contributed by atoms with Gasteiger partial charge in [0, 0.05) is 11.6 Å². The van der Waals surface area contributed by atoms with E-state index in [1.165, 1.54) is 18.4 Å². The average Bonchev–Trinajstić information content (AvgIpc) is 2.17. The summed E-state index contributed by atoms with van der Waals surface area (Å²) in [6, 6.07) is 8.20. The number of hydrogen-bond donors (Lipinski definition) is 1. The molecular formula is C14H22ClN. The van der Waals surface area contributed by atoms with Gasteiger partial charge in [-0.05, 0) is 43.0 Å². The molecule has 1 aromatic rings. The van der Waals surface area contributed by atoms with Crippen molar-refractivity contribution in [2.75, 3.05) is 13.6 Å². The Morgan fingerprint density at radius 2 is 2.12 bits per heavy atom. The van der Waals surface area contributed by atoms with E-state index in [1.54, 1.807) is 0 Å². The molecule has 1 N–H and O–H groups in total. The third kappa shape index (κ3) is 4.15. The summed E-state index contributed by atoms with van der Waals surface area (Å²) in [4.78, 5) is 0. The molecule has 1 rings (SSSR count). The Morgan fingerprint density at radius 1 is 1.38 bits per heavy atom. The van der Waals surface area contributed by atoms with Gasteiger partial charge >= 0.3 is 0 Å². The first-order chi connectivity index (χ1) is 7.59. The largest absolute Gasteiger partial charge is 0.319 e. The second-order valence-electron chi connectivity index (χ2n) is 4.90. The van der Waals surface area contributed by atoms with Crippen molar-refractivity contribution in [1.29, 1.82) is 0 Å². The van der Waals surface area contributed by atoms with Crippen LogP contribution in [0.15, 0.2) is 24.3 Å². The van der Waals surface area contributed by atoms with Crippen LogP contribution >= 0.6 is 11.6 Å². The smallest absolute Gasteiger partial charge is 0.0408 e. The fourth-order valence-electron chi connectivity index (χ4n) is 2.41. The van der Waals surface area contributed by atoms with Gasteiger partial charge in [-0.1, -0.05) is 44.0 Å². The molecule has 0 amide bonds. The van der Waals surface area contributed by atoms with Crippen molar-refractivity contribution >= 4 is 11.6 Å². The second-order valence-corrected chi connectivity index (χ2v) is 5.33. The fourth-order valence-corrected chi connectivity index (χ4v) is 2.62. The molecule has 0 radical (unpaired) electrons. The normalized spacial score (nSPS) is 14.8. The van der Waals surface area contributed by atoms with Crippen molar-refractivity contribution in [2.24, 2.45) is 5.41 Å². The third-order valence-electron chi connectivity index (χ3n) is 2.98. The van der Waals surface area contributed by atoms with Crippen LogP contribution in [-0.4, -0.2) is 13.6 Å². The predicted octanol–water partition coefficient (Wildman–Crippen LogP) is 3.91. The molecule has 1 aromatic carbocycles. The van der Waals surface area contributed by atoms with Crippen LogP contribution in [0.1, 0.15) is 32.3 Å². The lowest BCUT2D eigenvalue weighted by atomic mass is 9.79. The van der Waals surface area contributed by atoms with Crippen molar-refractivity contribution in [3.63, 3.8) is 0 Å². The first-order valence-corrected chi connectivity index (χ1v) is 6.36. The Morgan fingerprint density at radius 3 is 2.69 bits per heavy atom. The lowest BCUT2D eigenvalue weighted by Crippen LogP contribution is -2.31. The summed E-state index contributed by atoms with van der Waals surface area (Å²) in [5, 5.41) is 4.13. The molecule has 0 bridgehead atoms. The number of nitrogens with one attached hydrogen (secondary N) is 1. The van der Waals surface area contributed by atoms with Crippen molar-refractivity contribution in [1.82, 2.24) is 5.32 Å². The maximum atomic E-state index is 6.01. The number of halogens is 1. The molecular weight excluding hydrogens is 218 g/mol. The van der Waals surface area contributed by atoms with Crippen LogP contribution in [0.25, 0.3) is 0 Å². The zero-order valence-electron chi connectivity index (χ0n) is 10.5. The molecule has 0 saturated heterocycles. The van der Waals surface area contributed by atoms with Gasteiger partial charge in [0.05, 0.1) is 0 Å².